The molecule has 2 aromatic carbocycles. The van der Waals surface area contributed by atoms with Gasteiger partial charge in [0.15, 0.2) is 5.96 Å². The number of carbonyl (C=O) groups is 1. The smallest absolute Gasteiger partial charge is 0.251 e. The van der Waals surface area contributed by atoms with E-state index in [0.29, 0.717) is 5.56 Å². The van der Waals surface area contributed by atoms with E-state index in [9.17, 15) is 4.79 Å². The van der Waals surface area contributed by atoms with E-state index >= 15 is 0 Å². The van der Waals surface area contributed by atoms with Crippen molar-refractivity contribution in [2.75, 3.05) is 44.7 Å². The third-order valence-electron chi connectivity index (χ3n) is 4.83. The molecule has 0 fully saturated rings. The summed E-state index contributed by atoms with van der Waals surface area (Å²) in [6.45, 7) is 8.57. The van der Waals surface area contributed by atoms with Crippen molar-refractivity contribution in [3.05, 3.63) is 65.7 Å². The molecule has 0 aromatic heterocycles. The highest BCUT2D eigenvalue weighted by molar-refractivity contribution is 5.94. The van der Waals surface area contributed by atoms with Gasteiger partial charge < -0.3 is 20.9 Å². The van der Waals surface area contributed by atoms with Gasteiger partial charge in [-0.3, -0.25) is 9.79 Å². The van der Waals surface area contributed by atoms with Gasteiger partial charge in [0.05, 0.1) is 0 Å². The van der Waals surface area contributed by atoms with Crippen LogP contribution < -0.4 is 20.9 Å². The molecule has 0 aliphatic heterocycles. The Labute approximate surface area is 180 Å². The average molecular weight is 410 g/mol. The number of amides is 1. The Balaban J connectivity index is 1.81. The number of carbonyl (C=O) groups excluding carboxylic acids is 1. The minimum atomic E-state index is -0.0589. The van der Waals surface area contributed by atoms with Gasteiger partial charge >= 0.3 is 0 Å². The fraction of sp³-hybridized carbons (Fsp3) is 0.417. The minimum absolute atomic E-state index is 0.0589. The SMILES string of the molecule is CCNC(=NCCCN(CC)c1ccccc1)NCCc1cccc(C(=O)NC)c1. The van der Waals surface area contributed by atoms with Crippen LogP contribution in [0.3, 0.4) is 0 Å². The summed E-state index contributed by atoms with van der Waals surface area (Å²) in [6.07, 6.45) is 1.82. The lowest BCUT2D eigenvalue weighted by Gasteiger charge is -2.22. The van der Waals surface area contributed by atoms with E-state index in [4.69, 9.17) is 4.99 Å². The van der Waals surface area contributed by atoms with Gasteiger partial charge in [0.1, 0.15) is 0 Å². The number of anilines is 1. The van der Waals surface area contributed by atoms with E-state index in [2.05, 4.69) is 59.0 Å². The molecule has 162 valence electrons. The van der Waals surface area contributed by atoms with Crippen molar-refractivity contribution in [2.45, 2.75) is 26.7 Å². The Bertz CT molecular complexity index is 791. The van der Waals surface area contributed by atoms with Crippen molar-refractivity contribution in [1.29, 1.82) is 0 Å². The highest BCUT2D eigenvalue weighted by atomic mass is 16.1. The molecule has 0 bridgehead atoms. The van der Waals surface area contributed by atoms with Gasteiger partial charge in [0.25, 0.3) is 5.91 Å². The maximum Gasteiger partial charge on any atom is 0.251 e. The van der Waals surface area contributed by atoms with Crippen LogP contribution in [0, 0.1) is 0 Å². The Morgan fingerprint density at radius 2 is 1.83 bits per heavy atom. The van der Waals surface area contributed by atoms with Crippen LogP contribution in [0.15, 0.2) is 59.6 Å². The third-order valence-corrected chi connectivity index (χ3v) is 4.83. The molecule has 30 heavy (non-hydrogen) atoms. The summed E-state index contributed by atoms with van der Waals surface area (Å²) >= 11 is 0. The highest BCUT2D eigenvalue weighted by Crippen LogP contribution is 2.12. The average Bonchev–Trinajstić information content (AvgIpc) is 2.79. The normalized spacial score (nSPS) is 11.1. The molecule has 3 N–H and O–H groups in total. The molecule has 0 spiro atoms. The summed E-state index contributed by atoms with van der Waals surface area (Å²) in [5.74, 6) is 0.777. The predicted molar refractivity (Wildman–Crippen MR) is 126 cm³/mol. The quantitative estimate of drug-likeness (QED) is 0.303. The Morgan fingerprint density at radius 1 is 1.03 bits per heavy atom. The Kier molecular flexibility index (Phi) is 10.3. The molecular formula is C24H35N5O. The molecular weight excluding hydrogens is 374 g/mol. The Morgan fingerprint density at radius 3 is 2.53 bits per heavy atom. The van der Waals surface area contributed by atoms with E-state index < -0.39 is 0 Å². The number of rotatable bonds is 11. The number of para-hydroxylation sites is 1. The van der Waals surface area contributed by atoms with Crippen molar-refractivity contribution in [3.8, 4) is 0 Å². The van der Waals surface area contributed by atoms with Crippen molar-refractivity contribution in [3.63, 3.8) is 0 Å². The number of guanidine groups is 1. The highest BCUT2D eigenvalue weighted by Gasteiger charge is 2.05. The predicted octanol–water partition coefficient (Wildman–Crippen LogP) is 3.06. The number of hydrogen-bond donors (Lipinski definition) is 3. The molecule has 0 radical (unpaired) electrons. The summed E-state index contributed by atoms with van der Waals surface area (Å²) < 4.78 is 0. The van der Waals surface area contributed by atoms with Crippen LogP contribution >= 0.6 is 0 Å². The molecule has 2 aromatic rings. The van der Waals surface area contributed by atoms with Crippen LogP contribution in [-0.4, -0.2) is 51.6 Å². The summed E-state index contributed by atoms with van der Waals surface area (Å²) in [5, 5.41) is 9.36. The van der Waals surface area contributed by atoms with Crippen LogP contribution in [0.25, 0.3) is 0 Å². The fourth-order valence-electron chi connectivity index (χ4n) is 3.24. The van der Waals surface area contributed by atoms with Gasteiger partial charge in [-0.05, 0) is 56.5 Å². The summed E-state index contributed by atoms with van der Waals surface area (Å²) in [7, 11) is 1.65. The van der Waals surface area contributed by atoms with Crippen LogP contribution in [0.1, 0.15) is 36.2 Å². The van der Waals surface area contributed by atoms with Gasteiger partial charge in [-0.25, -0.2) is 0 Å². The first-order chi connectivity index (χ1) is 14.7. The zero-order chi connectivity index (χ0) is 21.6. The van der Waals surface area contributed by atoms with Crippen LogP contribution in [0.5, 0.6) is 0 Å². The fourth-order valence-corrected chi connectivity index (χ4v) is 3.24. The number of benzene rings is 2. The molecule has 0 unspecified atom stereocenters. The second-order valence-corrected chi connectivity index (χ2v) is 6.99. The van der Waals surface area contributed by atoms with E-state index in [-0.39, 0.29) is 5.91 Å². The first-order valence-electron chi connectivity index (χ1n) is 10.8. The largest absolute Gasteiger partial charge is 0.372 e. The molecule has 0 saturated carbocycles. The number of aliphatic imine (C=N–C) groups is 1. The maximum absolute atomic E-state index is 11.8. The van der Waals surface area contributed by atoms with Gasteiger partial charge in [-0.2, -0.15) is 0 Å². The molecule has 6 nitrogen and oxygen atoms in total. The first-order valence-corrected chi connectivity index (χ1v) is 10.8. The molecule has 0 aliphatic carbocycles. The molecule has 0 aliphatic rings. The topological polar surface area (TPSA) is 68.8 Å². The Hall–Kier alpha value is -3.02. The molecule has 6 heteroatoms. The van der Waals surface area contributed by atoms with Crippen molar-refractivity contribution in [1.82, 2.24) is 16.0 Å². The maximum atomic E-state index is 11.8. The van der Waals surface area contributed by atoms with Gasteiger partial charge in [0, 0.05) is 51.0 Å². The molecule has 0 atom stereocenters. The molecule has 2 rings (SSSR count). The molecule has 0 saturated heterocycles. The van der Waals surface area contributed by atoms with Gasteiger partial charge in [-0.15, -0.1) is 0 Å². The van der Waals surface area contributed by atoms with Crippen LogP contribution in [-0.2, 0) is 6.42 Å². The second-order valence-electron chi connectivity index (χ2n) is 6.99. The van der Waals surface area contributed by atoms with Gasteiger partial charge in [-0.1, -0.05) is 30.3 Å². The standard InChI is InChI=1S/C24H35N5O/c1-4-26-24(27-16-10-18-29(5-2)22-13-7-6-8-14-22)28-17-15-20-11-9-12-21(19-20)23(30)25-3/h6-9,11-14,19H,4-5,10,15-18H2,1-3H3,(H,25,30)(H2,26,27,28). The van der Waals surface area contributed by atoms with E-state index in [1.165, 1.54) is 5.69 Å². The number of hydrogen-bond acceptors (Lipinski definition) is 3. The summed E-state index contributed by atoms with van der Waals surface area (Å²) in [6, 6.07) is 18.2. The van der Waals surface area contributed by atoms with Gasteiger partial charge in [0.2, 0.25) is 0 Å². The van der Waals surface area contributed by atoms with Crippen LogP contribution in [0.2, 0.25) is 0 Å². The van der Waals surface area contributed by atoms with E-state index in [1.807, 2.05) is 30.3 Å². The minimum Gasteiger partial charge on any atom is -0.372 e. The molecule has 1 amide bonds. The zero-order valence-corrected chi connectivity index (χ0v) is 18.4. The number of nitrogens with zero attached hydrogens (tertiary/aromatic N) is 2. The molecule has 0 heterocycles. The van der Waals surface area contributed by atoms with Crippen LogP contribution in [0.4, 0.5) is 5.69 Å². The zero-order valence-electron chi connectivity index (χ0n) is 18.4. The van der Waals surface area contributed by atoms with Crippen molar-refractivity contribution >= 4 is 17.6 Å². The third kappa shape index (κ3) is 7.78. The lowest BCUT2D eigenvalue weighted by Crippen LogP contribution is -2.38. The first kappa shape index (κ1) is 23.3. The van der Waals surface area contributed by atoms with Crippen molar-refractivity contribution < 1.29 is 4.79 Å². The lowest BCUT2D eigenvalue weighted by molar-refractivity contribution is 0.0963. The number of nitrogens with one attached hydrogen (secondary N) is 3. The van der Waals surface area contributed by atoms with Crippen molar-refractivity contribution in [2.24, 2.45) is 4.99 Å². The summed E-state index contributed by atoms with van der Waals surface area (Å²) in [5.41, 5.74) is 3.07. The van der Waals surface area contributed by atoms with E-state index in [0.717, 1.165) is 57.1 Å². The summed E-state index contributed by atoms with van der Waals surface area (Å²) in [4.78, 5) is 18.9. The monoisotopic (exact) mass is 409 g/mol. The lowest BCUT2D eigenvalue weighted by atomic mass is 10.1. The van der Waals surface area contributed by atoms with E-state index in [1.54, 1.807) is 7.05 Å². The second kappa shape index (κ2) is 13.2.